The molecule has 0 heterocycles. The molecule has 108 valence electrons. The lowest BCUT2D eigenvalue weighted by molar-refractivity contribution is -0.134. The highest BCUT2D eigenvalue weighted by atomic mass is 79.9. The molecule has 0 aliphatic heterocycles. The van der Waals surface area contributed by atoms with Gasteiger partial charge in [-0.25, -0.2) is 8.42 Å². The highest BCUT2D eigenvalue weighted by molar-refractivity contribution is 9.10. The van der Waals surface area contributed by atoms with Crippen molar-refractivity contribution in [3.8, 4) is 0 Å². The van der Waals surface area contributed by atoms with Crippen LogP contribution in [0.5, 0.6) is 0 Å². The lowest BCUT2D eigenvalue weighted by Gasteiger charge is -2.19. The number of benzene rings is 1. The summed E-state index contributed by atoms with van der Waals surface area (Å²) in [6, 6.07) is 4.14. The maximum Gasteiger partial charge on any atom is 0.402 e. The Morgan fingerprint density at radius 2 is 1.95 bits per heavy atom. The Morgan fingerprint density at radius 3 is 2.37 bits per heavy atom. The number of nitrogens with zero attached hydrogens (tertiary/aromatic N) is 1. The smallest absolute Gasteiger partial charge is 0.207 e. The zero-order valence-corrected chi connectivity index (χ0v) is 12.9. The summed E-state index contributed by atoms with van der Waals surface area (Å²) in [5.74, 6) is 0.178. The molecular formula is C10H10BrClF3NO2S. The molecule has 0 N–H and O–H groups in total. The Bertz CT molecular complexity index is 562. The van der Waals surface area contributed by atoms with Gasteiger partial charge in [0.15, 0.2) is 0 Å². The summed E-state index contributed by atoms with van der Waals surface area (Å²) < 4.78 is 61.1. The normalized spacial score (nSPS) is 13.0. The van der Waals surface area contributed by atoms with Gasteiger partial charge in [0, 0.05) is 17.4 Å². The monoisotopic (exact) mass is 379 g/mol. The zero-order valence-electron chi connectivity index (χ0n) is 9.71. The highest BCUT2D eigenvalue weighted by Crippen LogP contribution is 2.28. The van der Waals surface area contributed by atoms with Crippen LogP contribution in [0, 0.1) is 0 Å². The van der Waals surface area contributed by atoms with Gasteiger partial charge >= 0.3 is 6.18 Å². The summed E-state index contributed by atoms with van der Waals surface area (Å²) >= 11 is 8.61. The lowest BCUT2D eigenvalue weighted by atomic mass is 10.2. The first-order chi connectivity index (χ1) is 8.58. The third-order valence-electron chi connectivity index (χ3n) is 2.24. The average molecular weight is 381 g/mol. The standard InChI is InChI=1S/C10H10BrClF3NO2S/c1-16(6-10(13,14)15)19(17,18)9-3-2-7(5-12)4-8(9)11/h2-4H,5-6H2,1H3. The second-order valence-corrected chi connectivity index (χ2v) is 6.91. The molecule has 0 unspecified atom stereocenters. The van der Waals surface area contributed by atoms with E-state index in [1.54, 1.807) is 0 Å². The van der Waals surface area contributed by atoms with Crippen molar-refractivity contribution in [3.63, 3.8) is 0 Å². The number of hydrogen-bond acceptors (Lipinski definition) is 2. The van der Waals surface area contributed by atoms with E-state index in [1.165, 1.54) is 18.2 Å². The molecule has 0 atom stereocenters. The van der Waals surface area contributed by atoms with E-state index < -0.39 is 22.7 Å². The van der Waals surface area contributed by atoms with Crippen LogP contribution < -0.4 is 0 Å². The van der Waals surface area contributed by atoms with E-state index in [-0.39, 0.29) is 19.6 Å². The number of halogens is 5. The van der Waals surface area contributed by atoms with Crippen LogP contribution >= 0.6 is 27.5 Å². The van der Waals surface area contributed by atoms with Crippen molar-refractivity contribution in [2.45, 2.75) is 17.0 Å². The Labute approximate surface area is 122 Å². The van der Waals surface area contributed by atoms with E-state index in [2.05, 4.69) is 15.9 Å². The average Bonchev–Trinajstić information content (AvgIpc) is 2.26. The Balaban J connectivity index is 3.13. The summed E-state index contributed by atoms with van der Waals surface area (Å²) in [5.41, 5.74) is 0.658. The van der Waals surface area contributed by atoms with E-state index in [4.69, 9.17) is 11.6 Å². The van der Waals surface area contributed by atoms with Crippen LogP contribution in [0.15, 0.2) is 27.6 Å². The van der Waals surface area contributed by atoms with Gasteiger partial charge in [-0.05, 0) is 33.6 Å². The molecule has 1 aromatic rings. The molecule has 0 aromatic heterocycles. The zero-order chi connectivity index (χ0) is 14.8. The van der Waals surface area contributed by atoms with Crippen molar-refractivity contribution in [3.05, 3.63) is 28.2 Å². The molecule has 0 spiro atoms. The molecule has 9 heteroatoms. The molecule has 0 saturated heterocycles. The number of alkyl halides is 4. The first-order valence-corrected chi connectivity index (χ1v) is 7.72. The van der Waals surface area contributed by atoms with E-state index in [1.807, 2.05) is 0 Å². The predicted octanol–water partition coefficient (Wildman–Crippen LogP) is 3.37. The molecule has 0 bridgehead atoms. The van der Waals surface area contributed by atoms with Crippen molar-refractivity contribution in [1.82, 2.24) is 4.31 Å². The summed E-state index contributed by atoms with van der Waals surface area (Å²) in [6.07, 6.45) is -4.59. The van der Waals surface area contributed by atoms with E-state index in [0.717, 1.165) is 7.05 Å². The fraction of sp³-hybridized carbons (Fsp3) is 0.400. The van der Waals surface area contributed by atoms with Crippen molar-refractivity contribution in [2.24, 2.45) is 0 Å². The van der Waals surface area contributed by atoms with Crippen LogP contribution in [0.1, 0.15) is 5.56 Å². The van der Waals surface area contributed by atoms with E-state index in [0.29, 0.717) is 5.56 Å². The fourth-order valence-electron chi connectivity index (χ4n) is 1.34. The van der Waals surface area contributed by atoms with Gasteiger partial charge in [-0.1, -0.05) is 6.07 Å². The van der Waals surface area contributed by atoms with Crippen molar-refractivity contribution < 1.29 is 21.6 Å². The SMILES string of the molecule is CN(CC(F)(F)F)S(=O)(=O)c1ccc(CCl)cc1Br. The molecule has 1 rings (SSSR count). The van der Waals surface area contributed by atoms with Crippen LogP contribution in [0.25, 0.3) is 0 Å². The molecule has 3 nitrogen and oxygen atoms in total. The van der Waals surface area contributed by atoms with Crippen LogP contribution in [0.2, 0.25) is 0 Å². The van der Waals surface area contributed by atoms with Gasteiger partial charge in [0.2, 0.25) is 10.0 Å². The number of sulfonamides is 1. The summed E-state index contributed by atoms with van der Waals surface area (Å²) in [6.45, 7) is -1.54. The predicted molar refractivity (Wildman–Crippen MR) is 69.6 cm³/mol. The van der Waals surface area contributed by atoms with Gasteiger partial charge in [-0.2, -0.15) is 17.5 Å². The molecule has 0 aliphatic carbocycles. The Hall–Kier alpha value is -0.310. The maximum atomic E-state index is 12.2. The largest absolute Gasteiger partial charge is 0.402 e. The van der Waals surface area contributed by atoms with E-state index >= 15 is 0 Å². The third kappa shape index (κ3) is 4.34. The Morgan fingerprint density at radius 1 is 1.37 bits per heavy atom. The van der Waals surface area contributed by atoms with Crippen LogP contribution in [0.3, 0.4) is 0 Å². The maximum absolute atomic E-state index is 12.2. The summed E-state index contributed by atoms with van der Waals surface area (Å²) in [5, 5.41) is 0. The number of rotatable bonds is 4. The molecule has 19 heavy (non-hydrogen) atoms. The minimum Gasteiger partial charge on any atom is -0.207 e. The molecular weight excluding hydrogens is 371 g/mol. The van der Waals surface area contributed by atoms with Gasteiger partial charge in [-0.15, -0.1) is 11.6 Å². The topological polar surface area (TPSA) is 37.4 Å². The van der Waals surface area contributed by atoms with Crippen molar-refractivity contribution in [1.29, 1.82) is 0 Å². The second kappa shape index (κ2) is 5.99. The van der Waals surface area contributed by atoms with Gasteiger partial charge in [-0.3, -0.25) is 0 Å². The summed E-state index contributed by atoms with van der Waals surface area (Å²) in [4.78, 5) is -0.229. The van der Waals surface area contributed by atoms with Crippen molar-refractivity contribution >= 4 is 37.6 Å². The minimum absolute atomic E-state index is 0.178. The molecule has 0 aliphatic rings. The fourth-order valence-corrected chi connectivity index (χ4v) is 3.75. The van der Waals surface area contributed by atoms with Crippen LogP contribution in [0.4, 0.5) is 13.2 Å². The number of hydrogen-bond donors (Lipinski definition) is 0. The molecule has 0 saturated carbocycles. The van der Waals surface area contributed by atoms with Crippen LogP contribution in [-0.4, -0.2) is 32.5 Å². The quantitative estimate of drug-likeness (QED) is 0.751. The van der Waals surface area contributed by atoms with Gasteiger partial charge in [0.25, 0.3) is 0 Å². The lowest BCUT2D eigenvalue weighted by Crippen LogP contribution is -2.36. The molecule has 0 radical (unpaired) electrons. The Kier molecular flexibility index (Phi) is 5.28. The second-order valence-electron chi connectivity index (χ2n) is 3.77. The highest BCUT2D eigenvalue weighted by Gasteiger charge is 2.35. The first-order valence-electron chi connectivity index (χ1n) is 4.95. The first kappa shape index (κ1) is 16.7. The van der Waals surface area contributed by atoms with Gasteiger partial charge in [0.05, 0.1) is 4.90 Å². The molecule has 0 amide bonds. The van der Waals surface area contributed by atoms with Crippen LogP contribution in [-0.2, 0) is 15.9 Å². The molecule has 0 fully saturated rings. The third-order valence-corrected chi connectivity index (χ3v) is 5.33. The van der Waals surface area contributed by atoms with Gasteiger partial charge < -0.3 is 0 Å². The van der Waals surface area contributed by atoms with Crippen molar-refractivity contribution in [2.75, 3.05) is 13.6 Å². The minimum atomic E-state index is -4.59. The van der Waals surface area contributed by atoms with Gasteiger partial charge in [0.1, 0.15) is 6.54 Å². The van der Waals surface area contributed by atoms with E-state index in [9.17, 15) is 21.6 Å². The molecule has 1 aromatic carbocycles. The summed E-state index contributed by atoms with van der Waals surface area (Å²) in [7, 11) is -3.32.